The van der Waals surface area contributed by atoms with Crippen LogP contribution in [0.15, 0.2) is 30.4 Å². The van der Waals surface area contributed by atoms with Gasteiger partial charge in [-0.15, -0.1) is 0 Å². The number of fused-ring (bicyclic) bond motifs is 1. The van der Waals surface area contributed by atoms with Crippen LogP contribution < -0.4 is 4.90 Å². The molecule has 0 bridgehead atoms. The Labute approximate surface area is 119 Å². The molecule has 0 aromatic heterocycles. The number of carbonyl (C=O) groups excluding carboxylic acids is 2. The predicted molar refractivity (Wildman–Crippen MR) is 78.3 cm³/mol. The van der Waals surface area contributed by atoms with E-state index in [9.17, 15) is 9.59 Å². The van der Waals surface area contributed by atoms with Crippen LogP contribution in [0.1, 0.15) is 24.5 Å². The minimum Gasteiger partial charge on any atom is -0.274 e. The summed E-state index contributed by atoms with van der Waals surface area (Å²) in [7, 11) is 0. The van der Waals surface area contributed by atoms with Gasteiger partial charge in [-0.25, -0.2) is 4.90 Å². The third kappa shape index (κ3) is 1.80. The van der Waals surface area contributed by atoms with E-state index in [1.54, 1.807) is 0 Å². The monoisotopic (exact) mass is 269 g/mol. The molecule has 3 heteroatoms. The Morgan fingerprint density at radius 2 is 1.90 bits per heavy atom. The van der Waals surface area contributed by atoms with E-state index in [-0.39, 0.29) is 29.6 Å². The largest absolute Gasteiger partial charge is 0.274 e. The second-order valence-electron chi connectivity index (χ2n) is 5.96. The average Bonchev–Trinajstić information content (AvgIpc) is 2.66. The maximum absolute atomic E-state index is 12.7. The summed E-state index contributed by atoms with van der Waals surface area (Å²) >= 11 is 0. The highest BCUT2D eigenvalue weighted by Crippen LogP contribution is 2.41. The minimum atomic E-state index is -0.188. The quantitative estimate of drug-likeness (QED) is 0.580. The topological polar surface area (TPSA) is 37.4 Å². The van der Waals surface area contributed by atoms with Gasteiger partial charge < -0.3 is 0 Å². The summed E-state index contributed by atoms with van der Waals surface area (Å²) < 4.78 is 0. The molecule has 3 rings (SSSR count). The number of carbonyl (C=O) groups is 2. The van der Waals surface area contributed by atoms with Crippen molar-refractivity contribution in [2.45, 2.75) is 27.2 Å². The van der Waals surface area contributed by atoms with Crippen molar-refractivity contribution in [3.8, 4) is 0 Å². The van der Waals surface area contributed by atoms with Gasteiger partial charge in [-0.05, 0) is 43.4 Å². The number of benzene rings is 1. The minimum absolute atomic E-state index is 0.0365. The number of nitrogens with zero attached hydrogens (tertiary/aromatic N) is 1. The number of imide groups is 1. The second kappa shape index (κ2) is 4.58. The summed E-state index contributed by atoms with van der Waals surface area (Å²) in [5, 5.41) is 0. The van der Waals surface area contributed by atoms with Gasteiger partial charge in [0, 0.05) is 0 Å². The first-order valence-corrected chi connectivity index (χ1v) is 7.12. The molecule has 2 amide bonds. The summed E-state index contributed by atoms with van der Waals surface area (Å²) in [6, 6.07) is 5.90. The van der Waals surface area contributed by atoms with Gasteiger partial charge >= 0.3 is 0 Å². The van der Waals surface area contributed by atoms with Gasteiger partial charge in [-0.3, -0.25) is 9.59 Å². The molecule has 3 atom stereocenters. The molecule has 0 spiro atoms. The molecule has 1 aromatic carbocycles. The van der Waals surface area contributed by atoms with Crippen molar-refractivity contribution in [2.24, 2.45) is 17.8 Å². The van der Waals surface area contributed by atoms with Gasteiger partial charge in [-0.1, -0.05) is 31.2 Å². The van der Waals surface area contributed by atoms with Gasteiger partial charge in [0.25, 0.3) is 0 Å². The van der Waals surface area contributed by atoms with Crippen molar-refractivity contribution >= 4 is 17.5 Å². The van der Waals surface area contributed by atoms with Crippen molar-refractivity contribution < 1.29 is 9.59 Å². The summed E-state index contributed by atoms with van der Waals surface area (Å²) in [6.45, 7) is 5.94. The summed E-state index contributed by atoms with van der Waals surface area (Å²) in [4.78, 5) is 26.7. The fourth-order valence-corrected chi connectivity index (χ4v) is 3.35. The van der Waals surface area contributed by atoms with Gasteiger partial charge in [0.1, 0.15) is 0 Å². The summed E-state index contributed by atoms with van der Waals surface area (Å²) in [5.74, 6) is -0.300. The van der Waals surface area contributed by atoms with Crippen LogP contribution >= 0.6 is 0 Å². The molecule has 1 aliphatic carbocycles. The lowest BCUT2D eigenvalue weighted by Gasteiger charge is -2.22. The van der Waals surface area contributed by atoms with Crippen LogP contribution in [-0.2, 0) is 9.59 Å². The highest BCUT2D eigenvalue weighted by Gasteiger charge is 2.50. The Morgan fingerprint density at radius 3 is 2.60 bits per heavy atom. The van der Waals surface area contributed by atoms with Gasteiger partial charge in [0.2, 0.25) is 11.8 Å². The molecular formula is C17H19NO2. The van der Waals surface area contributed by atoms with Crippen LogP contribution in [0.2, 0.25) is 0 Å². The first-order chi connectivity index (χ1) is 9.50. The van der Waals surface area contributed by atoms with E-state index in [1.807, 2.05) is 45.0 Å². The zero-order valence-electron chi connectivity index (χ0n) is 12.1. The maximum Gasteiger partial charge on any atom is 0.238 e. The molecule has 3 nitrogen and oxygen atoms in total. The third-order valence-electron chi connectivity index (χ3n) is 4.48. The number of amides is 2. The van der Waals surface area contributed by atoms with Crippen LogP contribution in [-0.4, -0.2) is 11.8 Å². The Kier molecular flexibility index (Phi) is 3.00. The SMILES string of the molecule is Cc1ccc(C)c(N2C(=O)[C@@H]3[C@H](C)C=CC[C@@H]3C2=O)c1. The average molecular weight is 269 g/mol. The Morgan fingerprint density at radius 1 is 1.15 bits per heavy atom. The molecule has 1 saturated heterocycles. The molecule has 1 aliphatic heterocycles. The number of hydrogen-bond acceptors (Lipinski definition) is 2. The summed E-state index contributed by atoms with van der Waals surface area (Å²) in [6.07, 6.45) is 4.77. The lowest BCUT2D eigenvalue weighted by atomic mass is 9.78. The Balaban J connectivity index is 2.06. The molecule has 0 N–H and O–H groups in total. The summed E-state index contributed by atoms with van der Waals surface area (Å²) in [5.41, 5.74) is 2.78. The van der Waals surface area contributed by atoms with Crippen molar-refractivity contribution in [2.75, 3.05) is 4.90 Å². The first kappa shape index (κ1) is 13.1. The number of rotatable bonds is 1. The van der Waals surface area contributed by atoms with Crippen LogP contribution in [0.3, 0.4) is 0 Å². The molecule has 1 heterocycles. The molecule has 0 radical (unpaired) electrons. The van der Waals surface area contributed by atoms with E-state index >= 15 is 0 Å². The maximum atomic E-state index is 12.7. The zero-order chi connectivity index (χ0) is 14.4. The molecule has 0 saturated carbocycles. The second-order valence-corrected chi connectivity index (χ2v) is 5.96. The third-order valence-corrected chi connectivity index (χ3v) is 4.48. The van der Waals surface area contributed by atoms with Crippen LogP contribution in [0.25, 0.3) is 0 Å². The molecule has 1 fully saturated rings. The smallest absolute Gasteiger partial charge is 0.238 e. The predicted octanol–water partition coefficient (Wildman–Crippen LogP) is 3.01. The van der Waals surface area contributed by atoms with Gasteiger partial charge in [0.15, 0.2) is 0 Å². The normalized spacial score (nSPS) is 28.9. The van der Waals surface area contributed by atoms with E-state index in [4.69, 9.17) is 0 Å². The Bertz CT molecular complexity index is 617. The number of hydrogen-bond donors (Lipinski definition) is 0. The van der Waals surface area contributed by atoms with Crippen molar-refractivity contribution in [3.05, 3.63) is 41.5 Å². The van der Waals surface area contributed by atoms with Gasteiger partial charge in [-0.2, -0.15) is 0 Å². The standard InChI is InChI=1S/C17H19NO2/c1-10-7-8-11(2)14(9-10)18-16(19)13-6-4-5-12(3)15(13)17(18)20/h4-5,7-9,12-13,15H,6H2,1-3H3/t12-,13+,15-/m1/s1. The lowest BCUT2D eigenvalue weighted by molar-refractivity contribution is -0.122. The molecule has 20 heavy (non-hydrogen) atoms. The molecule has 104 valence electrons. The Hall–Kier alpha value is -1.90. The van der Waals surface area contributed by atoms with Crippen LogP contribution in [0, 0.1) is 31.6 Å². The number of anilines is 1. The highest BCUT2D eigenvalue weighted by molar-refractivity contribution is 6.22. The number of allylic oxidation sites excluding steroid dienone is 2. The fourth-order valence-electron chi connectivity index (χ4n) is 3.35. The van der Waals surface area contributed by atoms with E-state index < -0.39 is 0 Å². The van der Waals surface area contributed by atoms with Crippen molar-refractivity contribution in [3.63, 3.8) is 0 Å². The highest BCUT2D eigenvalue weighted by atomic mass is 16.2. The zero-order valence-corrected chi connectivity index (χ0v) is 12.1. The van der Waals surface area contributed by atoms with E-state index in [0.717, 1.165) is 16.8 Å². The van der Waals surface area contributed by atoms with Crippen molar-refractivity contribution in [1.29, 1.82) is 0 Å². The molecule has 0 unspecified atom stereocenters. The fraction of sp³-hybridized carbons (Fsp3) is 0.412. The molecular weight excluding hydrogens is 250 g/mol. The first-order valence-electron chi connectivity index (χ1n) is 7.12. The lowest BCUT2D eigenvalue weighted by Crippen LogP contribution is -2.32. The van der Waals surface area contributed by atoms with E-state index in [2.05, 4.69) is 6.08 Å². The van der Waals surface area contributed by atoms with Crippen molar-refractivity contribution in [1.82, 2.24) is 0 Å². The van der Waals surface area contributed by atoms with E-state index in [1.165, 1.54) is 4.90 Å². The van der Waals surface area contributed by atoms with Crippen LogP contribution in [0.4, 0.5) is 5.69 Å². The van der Waals surface area contributed by atoms with Crippen LogP contribution in [0.5, 0.6) is 0 Å². The van der Waals surface area contributed by atoms with Gasteiger partial charge in [0.05, 0.1) is 17.5 Å². The molecule has 2 aliphatic rings. The van der Waals surface area contributed by atoms with E-state index in [0.29, 0.717) is 6.42 Å². The number of aryl methyl sites for hydroxylation is 2. The molecule has 1 aromatic rings.